The van der Waals surface area contributed by atoms with E-state index in [2.05, 4.69) is 5.32 Å². The quantitative estimate of drug-likeness (QED) is 0.832. The predicted molar refractivity (Wildman–Crippen MR) is 72.2 cm³/mol. The molecule has 1 aromatic carbocycles. The molecule has 1 aromatic rings. The van der Waals surface area contributed by atoms with E-state index in [-0.39, 0.29) is 17.6 Å². The summed E-state index contributed by atoms with van der Waals surface area (Å²) in [6, 6.07) is 4.67. The number of ketones is 1. The fraction of sp³-hybridized carbons (Fsp3) is 0.533. The van der Waals surface area contributed by atoms with Gasteiger partial charge in [0.05, 0.1) is 6.61 Å². The third-order valence-corrected chi connectivity index (χ3v) is 3.40. The maximum atomic E-state index is 13.7. The zero-order chi connectivity index (χ0) is 13.7. The lowest BCUT2D eigenvalue weighted by Gasteiger charge is -2.22. The Kier molecular flexibility index (Phi) is 4.91. The van der Waals surface area contributed by atoms with Crippen LogP contribution in [-0.4, -0.2) is 25.0 Å². The minimum atomic E-state index is -0.468. The Bertz CT molecular complexity index is 442. The summed E-state index contributed by atoms with van der Waals surface area (Å²) >= 11 is 0. The van der Waals surface area contributed by atoms with Gasteiger partial charge in [0.1, 0.15) is 0 Å². The first-order valence-electron chi connectivity index (χ1n) is 6.89. The lowest BCUT2D eigenvalue weighted by atomic mass is 9.97. The van der Waals surface area contributed by atoms with Crippen LogP contribution in [0.15, 0.2) is 18.2 Å². The lowest BCUT2D eigenvalue weighted by molar-refractivity contribution is 0.0963. The molecular weight excluding hydrogens is 245 g/mol. The number of nitrogens with one attached hydrogen (secondary N) is 1. The second-order valence-electron chi connectivity index (χ2n) is 4.85. The lowest BCUT2D eigenvalue weighted by Crippen LogP contribution is -2.35. The fourth-order valence-electron chi connectivity index (χ4n) is 2.39. The number of rotatable bonds is 5. The van der Waals surface area contributed by atoms with Crippen LogP contribution in [0.1, 0.15) is 43.0 Å². The predicted octanol–water partition coefficient (Wildman–Crippen LogP) is 2.94. The molecule has 19 heavy (non-hydrogen) atoms. The molecular formula is C15H20FNO2. The second-order valence-corrected chi connectivity index (χ2v) is 4.85. The monoisotopic (exact) mass is 265 g/mol. The first kappa shape index (κ1) is 14.0. The van der Waals surface area contributed by atoms with Gasteiger partial charge >= 0.3 is 0 Å². The molecule has 0 radical (unpaired) electrons. The molecule has 1 heterocycles. The maximum absolute atomic E-state index is 13.7. The molecule has 0 saturated carbocycles. The van der Waals surface area contributed by atoms with Gasteiger partial charge in [-0.3, -0.25) is 4.79 Å². The Morgan fingerprint density at radius 2 is 2.32 bits per heavy atom. The molecule has 1 N–H and O–H groups in total. The summed E-state index contributed by atoms with van der Waals surface area (Å²) < 4.78 is 18.8. The number of piperidine rings is 1. The van der Waals surface area contributed by atoms with Gasteiger partial charge < -0.3 is 10.1 Å². The molecule has 3 nitrogen and oxygen atoms in total. The number of ether oxygens (including phenoxy) is 1. The van der Waals surface area contributed by atoms with Crippen molar-refractivity contribution in [1.82, 2.24) is 5.32 Å². The van der Waals surface area contributed by atoms with Crippen molar-refractivity contribution < 1.29 is 13.9 Å². The van der Waals surface area contributed by atoms with Crippen molar-refractivity contribution in [3.05, 3.63) is 29.6 Å². The van der Waals surface area contributed by atoms with Crippen LogP contribution in [0.5, 0.6) is 5.75 Å². The molecule has 1 saturated heterocycles. The van der Waals surface area contributed by atoms with E-state index in [4.69, 9.17) is 4.74 Å². The second kappa shape index (κ2) is 6.66. The van der Waals surface area contributed by atoms with Gasteiger partial charge in [-0.2, -0.15) is 0 Å². The van der Waals surface area contributed by atoms with Crippen LogP contribution in [0.3, 0.4) is 0 Å². The summed E-state index contributed by atoms with van der Waals surface area (Å²) in [6.45, 7) is 3.18. The third kappa shape index (κ3) is 3.77. The van der Waals surface area contributed by atoms with Crippen molar-refractivity contribution in [3.8, 4) is 5.75 Å². The summed E-state index contributed by atoms with van der Waals surface area (Å²) in [6.07, 6.45) is 3.78. The zero-order valence-corrected chi connectivity index (χ0v) is 11.2. The Labute approximate surface area is 113 Å². The standard InChI is InChI=1S/C15H20FNO2/c1-2-19-15-7-6-11(9-13(15)16)14(18)10-12-5-3-4-8-17-12/h6-7,9,12,17H,2-5,8,10H2,1H3. The maximum Gasteiger partial charge on any atom is 0.165 e. The molecule has 4 heteroatoms. The van der Waals surface area contributed by atoms with Crippen LogP contribution in [0.25, 0.3) is 0 Å². The third-order valence-electron chi connectivity index (χ3n) is 3.40. The van der Waals surface area contributed by atoms with Crippen molar-refractivity contribution >= 4 is 5.78 Å². The first-order chi connectivity index (χ1) is 9.20. The van der Waals surface area contributed by atoms with Gasteiger partial charge in [-0.15, -0.1) is 0 Å². The summed E-state index contributed by atoms with van der Waals surface area (Å²) in [5.74, 6) is -0.277. The average Bonchev–Trinajstić information content (AvgIpc) is 2.42. The number of carbonyl (C=O) groups excluding carboxylic acids is 1. The van der Waals surface area contributed by atoms with Gasteiger partial charge in [-0.05, 0) is 44.5 Å². The molecule has 2 rings (SSSR count). The molecule has 1 aliphatic rings. The van der Waals surface area contributed by atoms with Crippen molar-refractivity contribution in [2.45, 2.75) is 38.6 Å². The highest BCUT2D eigenvalue weighted by Crippen LogP contribution is 2.20. The van der Waals surface area contributed by atoms with E-state index in [1.165, 1.54) is 18.6 Å². The van der Waals surface area contributed by atoms with Gasteiger partial charge in [-0.1, -0.05) is 6.42 Å². The highest BCUT2D eigenvalue weighted by molar-refractivity contribution is 5.96. The van der Waals surface area contributed by atoms with Crippen molar-refractivity contribution in [2.75, 3.05) is 13.2 Å². The van der Waals surface area contributed by atoms with Crippen molar-refractivity contribution in [1.29, 1.82) is 0 Å². The largest absolute Gasteiger partial charge is 0.491 e. The Hall–Kier alpha value is -1.42. The number of halogens is 1. The van der Waals surface area contributed by atoms with Crippen molar-refractivity contribution in [3.63, 3.8) is 0 Å². The normalized spacial score (nSPS) is 19.2. The van der Waals surface area contributed by atoms with Crippen LogP contribution < -0.4 is 10.1 Å². The molecule has 1 aliphatic heterocycles. The number of hydrogen-bond donors (Lipinski definition) is 1. The Morgan fingerprint density at radius 1 is 1.47 bits per heavy atom. The SMILES string of the molecule is CCOc1ccc(C(=O)CC2CCCCN2)cc1F. The number of benzene rings is 1. The van der Waals surface area contributed by atoms with Crippen LogP contribution in [-0.2, 0) is 0 Å². The molecule has 1 atom stereocenters. The minimum absolute atomic E-state index is 0.0126. The Morgan fingerprint density at radius 3 is 2.95 bits per heavy atom. The average molecular weight is 265 g/mol. The molecule has 0 spiro atoms. The molecule has 1 unspecified atom stereocenters. The highest BCUT2D eigenvalue weighted by atomic mass is 19.1. The van der Waals surface area contributed by atoms with E-state index >= 15 is 0 Å². The molecule has 0 bridgehead atoms. The number of hydrogen-bond acceptors (Lipinski definition) is 3. The summed E-state index contributed by atoms with van der Waals surface area (Å²) in [5.41, 5.74) is 0.424. The minimum Gasteiger partial charge on any atom is -0.491 e. The molecule has 0 aromatic heterocycles. The molecule has 0 amide bonds. The summed E-state index contributed by atoms with van der Waals surface area (Å²) in [5, 5.41) is 3.33. The van der Waals surface area contributed by atoms with Crippen molar-refractivity contribution in [2.24, 2.45) is 0 Å². The topological polar surface area (TPSA) is 38.3 Å². The van der Waals surface area contributed by atoms with Gasteiger partial charge in [0.2, 0.25) is 0 Å². The molecule has 1 fully saturated rings. The van der Waals surface area contributed by atoms with Gasteiger partial charge in [0.15, 0.2) is 17.3 Å². The smallest absolute Gasteiger partial charge is 0.165 e. The number of carbonyl (C=O) groups is 1. The van der Waals surface area contributed by atoms with E-state index < -0.39 is 5.82 Å². The van der Waals surface area contributed by atoms with Crippen LogP contribution >= 0.6 is 0 Å². The number of Topliss-reactive ketones (excluding diaryl/α,β-unsaturated/α-hetero) is 1. The van der Waals surface area contributed by atoms with E-state index in [0.29, 0.717) is 18.6 Å². The summed E-state index contributed by atoms with van der Waals surface area (Å²) in [7, 11) is 0. The molecule has 104 valence electrons. The zero-order valence-electron chi connectivity index (χ0n) is 11.2. The first-order valence-corrected chi connectivity index (χ1v) is 6.89. The van der Waals surface area contributed by atoms with E-state index in [1.807, 2.05) is 0 Å². The Balaban J connectivity index is 2.00. The van der Waals surface area contributed by atoms with Crippen LogP contribution in [0.2, 0.25) is 0 Å². The van der Waals surface area contributed by atoms with Crippen LogP contribution in [0.4, 0.5) is 4.39 Å². The van der Waals surface area contributed by atoms with Gasteiger partial charge in [0, 0.05) is 18.0 Å². The van der Waals surface area contributed by atoms with Crippen LogP contribution in [0, 0.1) is 5.82 Å². The van der Waals surface area contributed by atoms with E-state index in [0.717, 1.165) is 19.4 Å². The summed E-state index contributed by atoms with van der Waals surface area (Å²) in [4.78, 5) is 12.1. The molecule has 0 aliphatic carbocycles. The highest BCUT2D eigenvalue weighted by Gasteiger charge is 2.18. The van der Waals surface area contributed by atoms with E-state index in [9.17, 15) is 9.18 Å². The van der Waals surface area contributed by atoms with E-state index in [1.54, 1.807) is 13.0 Å². The fourth-order valence-corrected chi connectivity index (χ4v) is 2.39. The van der Waals surface area contributed by atoms with Gasteiger partial charge in [0.25, 0.3) is 0 Å². The van der Waals surface area contributed by atoms with Gasteiger partial charge in [-0.25, -0.2) is 4.39 Å².